The van der Waals surface area contributed by atoms with Gasteiger partial charge in [-0.25, -0.2) is 4.79 Å². The largest absolute Gasteiger partial charge is 0.476 e. The first kappa shape index (κ1) is 11.8. The zero-order valence-electron chi connectivity index (χ0n) is 8.80. The van der Waals surface area contributed by atoms with Gasteiger partial charge >= 0.3 is 11.8 Å². The molecular formula is C9H10ClN3O4. The highest BCUT2D eigenvalue weighted by Crippen LogP contribution is 2.36. The molecule has 0 atom stereocenters. The predicted molar refractivity (Wildman–Crippen MR) is 58.4 cm³/mol. The molecule has 0 aliphatic heterocycles. The maximum Gasteiger partial charge on any atom is 0.364 e. The third-order valence-electron chi connectivity index (χ3n) is 2.88. The molecule has 0 spiro atoms. The Balaban J connectivity index is 2.52. The van der Waals surface area contributed by atoms with Crippen molar-refractivity contribution in [3.8, 4) is 0 Å². The van der Waals surface area contributed by atoms with Crippen molar-refractivity contribution in [2.24, 2.45) is 0 Å². The fraction of sp³-hybridized carbons (Fsp3) is 0.556. The predicted octanol–water partition coefficient (Wildman–Crippen LogP) is 2.26. The normalized spacial score (nSPS) is 16.3. The zero-order chi connectivity index (χ0) is 12.6. The minimum atomic E-state index is -1.35. The number of rotatable bonds is 3. The van der Waals surface area contributed by atoms with E-state index in [0.717, 1.165) is 30.4 Å². The Hall–Kier alpha value is -1.63. The van der Waals surface area contributed by atoms with E-state index in [1.54, 1.807) is 0 Å². The summed E-state index contributed by atoms with van der Waals surface area (Å²) in [6, 6.07) is -0.124. The average molecular weight is 260 g/mol. The van der Waals surface area contributed by atoms with Crippen molar-refractivity contribution in [3.63, 3.8) is 0 Å². The summed E-state index contributed by atoms with van der Waals surface area (Å²) in [5.41, 5.74) is -0.453. The molecule has 0 aromatic carbocycles. The van der Waals surface area contributed by atoms with Crippen molar-refractivity contribution in [1.29, 1.82) is 0 Å². The van der Waals surface area contributed by atoms with Crippen molar-refractivity contribution in [1.82, 2.24) is 9.78 Å². The summed E-state index contributed by atoms with van der Waals surface area (Å²) in [5, 5.41) is 23.1. The highest BCUT2D eigenvalue weighted by molar-refractivity contribution is 6.35. The molecule has 17 heavy (non-hydrogen) atoms. The highest BCUT2D eigenvalue weighted by atomic mass is 35.5. The number of aromatic nitrogens is 2. The number of aromatic carboxylic acids is 1. The van der Waals surface area contributed by atoms with E-state index in [9.17, 15) is 14.9 Å². The molecule has 0 unspecified atom stereocenters. The average Bonchev–Trinajstić information content (AvgIpc) is 2.82. The molecule has 92 valence electrons. The Bertz CT molecular complexity index is 479. The summed E-state index contributed by atoms with van der Waals surface area (Å²) < 4.78 is 1.15. The molecular weight excluding hydrogens is 250 g/mol. The molecule has 7 nitrogen and oxygen atoms in total. The van der Waals surface area contributed by atoms with Gasteiger partial charge in [-0.2, -0.15) is 0 Å². The molecule has 0 bridgehead atoms. The highest BCUT2D eigenvalue weighted by Gasteiger charge is 2.35. The minimum absolute atomic E-state index is 0.124. The van der Waals surface area contributed by atoms with E-state index < -0.39 is 27.4 Å². The van der Waals surface area contributed by atoms with Crippen LogP contribution in [0.1, 0.15) is 42.2 Å². The molecule has 1 aliphatic carbocycles. The number of carboxylic acids is 1. The summed E-state index contributed by atoms with van der Waals surface area (Å²) in [6.07, 6.45) is 3.44. The number of carbonyl (C=O) groups is 1. The Kier molecular flexibility index (Phi) is 3.01. The van der Waals surface area contributed by atoms with Gasteiger partial charge in [-0.1, -0.05) is 16.7 Å². The van der Waals surface area contributed by atoms with E-state index >= 15 is 0 Å². The Morgan fingerprint density at radius 3 is 2.59 bits per heavy atom. The van der Waals surface area contributed by atoms with Gasteiger partial charge in [0.15, 0.2) is 5.02 Å². The summed E-state index contributed by atoms with van der Waals surface area (Å²) in [5.74, 6) is -1.77. The van der Waals surface area contributed by atoms with E-state index in [1.807, 2.05) is 0 Å². The Morgan fingerprint density at radius 1 is 1.53 bits per heavy atom. The smallest absolute Gasteiger partial charge is 0.364 e. The van der Waals surface area contributed by atoms with Crippen LogP contribution in [0.3, 0.4) is 0 Å². The molecule has 1 saturated carbocycles. The first-order chi connectivity index (χ1) is 8.02. The summed E-state index contributed by atoms with van der Waals surface area (Å²) in [4.78, 5) is 21.1. The minimum Gasteiger partial charge on any atom is -0.476 e. The topological polar surface area (TPSA) is 98.3 Å². The van der Waals surface area contributed by atoms with Gasteiger partial charge in [-0.3, -0.25) is 0 Å². The number of halogens is 1. The fourth-order valence-corrected chi connectivity index (χ4v) is 2.38. The van der Waals surface area contributed by atoms with Crippen LogP contribution in [0.25, 0.3) is 0 Å². The SMILES string of the molecule is O=C(O)c1nn(C2CCCC2)c([N+](=O)[O-])c1Cl. The van der Waals surface area contributed by atoms with Crippen molar-refractivity contribution >= 4 is 23.4 Å². The molecule has 1 aromatic heterocycles. The molecule has 0 amide bonds. The Morgan fingerprint density at radius 2 is 2.12 bits per heavy atom. The second-order valence-electron chi connectivity index (χ2n) is 3.93. The quantitative estimate of drug-likeness (QED) is 0.663. The lowest BCUT2D eigenvalue weighted by Crippen LogP contribution is -2.10. The summed E-state index contributed by atoms with van der Waals surface area (Å²) in [7, 11) is 0. The fourth-order valence-electron chi connectivity index (χ4n) is 2.11. The maximum atomic E-state index is 10.9. The lowest BCUT2D eigenvalue weighted by atomic mass is 10.2. The van der Waals surface area contributed by atoms with Gasteiger partial charge in [0.25, 0.3) is 0 Å². The first-order valence-corrected chi connectivity index (χ1v) is 5.56. The van der Waals surface area contributed by atoms with Crippen LogP contribution in [-0.2, 0) is 0 Å². The second kappa shape index (κ2) is 4.33. The van der Waals surface area contributed by atoms with Gasteiger partial charge in [0.1, 0.15) is 6.04 Å². The third kappa shape index (κ3) is 1.97. The lowest BCUT2D eigenvalue weighted by molar-refractivity contribution is -0.393. The van der Waals surface area contributed by atoms with Gasteiger partial charge in [-0.15, -0.1) is 4.68 Å². The van der Waals surface area contributed by atoms with Crippen molar-refractivity contribution in [2.75, 3.05) is 0 Å². The molecule has 1 aliphatic rings. The Labute approximate surface area is 101 Å². The number of hydrogen-bond donors (Lipinski definition) is 1. The van der Waals surface area contributed by atoms with Crippen LogP contribution in [0.2, 0.25) is 5.02 Å². The number of nitro groups is 1. The van der Waals surface area contributed by atoms with Crippen LogP contribution >= 0.6 is 11.6 Å². The van der Waals surface area contributed by atoms with Gasteiger partial charge in [0, 0.05) is 0 Å². The monoisotopic (exact) mass is 259 g/mol. The molecule has 2 rings (SSSR count). The number of nitrogens with zero attached hydrogens (tertiary/aromatic N) is 3. The lowest BCUT2D eigenvalue weighted by Gasteiger charge is -2.05. The van der Waals surface area contributed by atoms with Crippen LogP contribution in [-0.4, -0.2) is 25.8 Å². The van der Waals surface area contributed by atoms with Gasteiger partial charge in [0.2, 0.25) is 5.69 Å². The number of hydrogen-bond acceptors (Lipinski definition) is 4. The molecule has 1 N–H and O–H groups in total. The molecule has 1 aromatic rings. The number of carboxylic acid groups (broad SMARTS) is 1. The van der Waals surface area contributed by atoms with Crippen LogP contribution in [0, 0.1) is 10.1 Å². The van der Waals surface area contributed by atoms with E-state index in [0.29, 0.717) is 0 Å². The molecule has 1 fully saturated rings. The van der Waals surface area contributed by atoms with Crippen LogP contribution in [0.5, 0.6) is 0 Å². The van der Waals surface area contributed by atoms with Crippen molar-refractivity contribution < 1.29 is 14.8 Å². The third-order valence-corrected chi connectivity index (χ3v) is 3.22. The van der Waals surface area contributed by atoms with Gasteiger partial charge in [0.05, 0.1) is 0 Å². The van der Waals surface area contributed by atoms with Gasteiger partial charge < -0.3 is 15.2 Å². The zero-order valence-corrected chi connectivity index (χ0v) is 9.55. The molecule has 0 radical (unpaired) electrons. The van der Waals surface area contributed by atoms with E-state index in [2.05, 4.69) is 5.10 Å². The van der Waals surface area contributed by atoms with Crippen LogP contribution in [0.15, 0.2) is 0 Å². The standard InChI is InChI=1S/C9H10ClN3O4/c10-6-7(9(14)15)11-12(8(6)13(16)17)5-3-1-2-4-5/h5H,1-4H2,(H,14,15). The maximum absolute atomic E-state index is 10.9. The summed E-state index contributed by atoms with van der Waals surface area (Å²) >= 11 is 5.69. The van der Waals surface area contributed by atoms with E-state index in [-0.39, 0.29) is 6.04 Å². The second-order valence-corrected chi connectivity index (χ2v) is 4.31. The van der Waals surface area contributed by atoms with E-state index in [1.165, 1.54) is 0 Å². The summed E-state index contributed by atoms with van der Waals surface area (Å²) in [6.45, 7) is 0. The van der Waals surface area contributed by atoms with Crippen LogP contribution in [0.4, 0.5) is 5.82 Å². The molecule has 0 saturated heterocycles. The van der Waals surface area contributed by atoms with Crippen molar-refractivity contribution in [2.45, 2.75) is 31.7 Å². The first-order valence-electron chi connectivity index (χ1n) is 5.18. The van der Waals surface area contributed by atoms with E-state index in [4.69, 9.17) is 16.7 Å². The van der Waals surface area contributed by atoms with Crippen molar-refractivity contribution in [3.05, 3.63) is 20.8 Å². The molecule has 1 heterocycles. The van der Waals surface area contributed by atoms with Gasteiger partial charge in [-0.05, 0) is 30.6 Å². The molecule has 8 heteroatoms. The van der Waals surface area contributed by atoms with Crippen LogP contribution < -0.4 is 0 Å².